The molecule has 3 N–H and O–H groups in total. The third kappa shape index (κ3) is 3.88. The van der Waals surface area contributed by atoms with Crippen LogP contribution in [0.1, 0.15) is 51.9 Å². The molecule has 158 valence electrons. The van der Waals surface area contributed by atoms with Gasteiger partial charge in [-0.1, -0.05) is 6.92 Å². The summed E-state index contributed by atoms with van der Waals surface area (Å²) in [7, 11) is 0. The zero-order chi connectivity index (χ0) is 19.9. The maximum absolute atomic E-state index is 13.6. The monoisotopic (exact) mass is 417 g/mol. The largest absolute Gasteiger partial charge is 0.368 e. The number of halogens is 2. The van der Waals surface area contributed by atoms with Gasteiger partial charge in [0.1, 0.15) is 18.8 Å². The Bertz CT molecular complexity index is 617. The Morgan fingerprint density at radius 2 is 1.96 bits per heavy atom. The van der Waals surface area contributed by atoms with Crippen LogP contribution in [-0.4, -0.2) is 66.0 Å². The summed E-state index contributed by atoms with van der Waals surface area (Å²) in [5.74, 6) is -0.206. The van der Waals surface area contributed by atoms with E-state index >= 15 is 0 Å². The van der Waals surface area contributed by atoms with E-state index in [2.05, 4.69) is 16.0 Å². The van der Waals surface area contributed by atoms with Crippen LogP contribution >= 0.6 is 11.6 Å². The van der Waals surface area contributed by atoms with Crippen molar-refractivity contribution in [1.29, 1.82) is 0 Å². The fourth-order valence-electron chi connectivity index (χ4n) is 5.20. The Kier molecular flexibility index (Phi) is 5.59. The van der Waals surface area contributed by atoms with Gasteiger partial charge in [-0.3, -0.25) is 14.9 Å². The number of nitrogens with one attached hydrogen (secondary N) is 3. The molecule has 0 aromatic heterocycles. The Morgan fingerprint density at radius 3 is 2.64 bits per heavy atom. The standard InChI is InChI=1S/C19H29ClFN3O4/c1-2-14-16(22-10-28-14)17(26)24-19-7-18(8-19,9-19)23-15(25)6-27-11-3-4-12(20)13(21)5-11/h11-14,16,22H,2-10H2,1H3,(H,23,25)(H,24,26). The van der Waals surface area contributed by atoms with Gasteiger partial charge in [-0.2, -0.15) is 0 Å². The smallest absolute Gasteiger partial charge is 0.246 e. The van der Waals surface area contributed by atoms with Crippen LogP contribution in [0.4, 0.5) is 4.39 Å². The van der Waals surface area contributed by atoms with E-state index in [1.807, 2.05) is 6.92 Å². The van der Waals surface area contributed by atoms with Crippen molar-refractivity contribution in [1.82, 2.24) is 16.0 Å². The predicted molar refractivity (Wildman–Crippen MR) is 101 cm³/mol. The zero-order valence-corrected chi connectivity index (χ0v) is 16.9. The van der Waals surface area contributed by atoms with Crippen molar-refractivity contribution in [3.05, 3.63) is 0 Å². The second-order valence-corrected chi connectivity index (χ2v) is 9.41. The second kappa shape index (κ2) is 7.70. The van der Waals surface area contributed by atoms with Crippen LogP contribution in [0.2, 0.25) is 0 Å². The molecule has 2 amide bonds. The molecular formula is C19H29ClFN3O4. The lowest BCUT2D eigenvalue weighted by atomic mass is 9.44. The predicted octanol–water partition coefficient (Wildman–Crippen LogP) is 1.13. The molecule has 5 fully saturated rings. The molecule has 4 saturated carbocycles. The molecule has 5 atom stereocenters. The lowest BCUT2D eigenvalue weighted by Gasteiger charge is -2.70. The minimum Gasteiger partial charge on any atom is -0.368 e. The van der Waals surface area contributed by atoms with Gasteiger partial charge in [0.25, 0.3) is 0 Å². The number of hydrogen-bond donors (Lipinski definition) is 3. The van der Waals surface area contributed by atoms with Gasteiger partial charge in [0.15, 0.2) is 0 Å². The van der Waals surface area contributed by atoms with Crippen LogP contribution in [0, 0.1) is 0 Å². The Balaban J connectivity index is 1.16. The number of ether oxygens (including phenoxy) is 2. The van der Waals surface area contributed by atoms with E-state index in [1.165, 1.54) is 0 Å². The first-order valence-corrected chi connectivity index (χ1v) is 10.7. The first-order valence-electron chi connectivity index (χ1n) is 10.2. The van der Waals surface area contributed by atoms with Crippen molar-refractivity contribution in [3.8, 4) is 0 Å². The molecule has 5 unspecified atom stereocenters. The number of amides is 2. The van der Waals surface area contributed by atoms with Gasteiger partial charge in [0.2, 0.25) is 11.8 Å². The van der Waals surface area contributed by atoms with E-state index in [9.17, 15) is 14.0 Å². The Hall–Kier alpha value is -0.960. The van der Waals surface area contributed by atoms with E-state index in [4.69, 9.17) is 21.1 Å². The number of carbonyl (C=O) groups excluding carboxylic acids is 2. The van der Waals surface area contributed by atoms with Crippen molar-refractivity contribution in [2.45, 2.75) is 92.7 Å². The van der Waals surface area contributed by atoms with E-state index in [1.54, 1.807) is 0 Å². The van der Waals surface area contributed by atoms with Gasteiger partial charge >= 0.3 is 0 Å². The Morgan fingerprint density at radius 1 is 1.25 bits per heavy atom. The summed E-state index contributed by atoms with van der Waals surface area (Å²) in [6.07, 6.45) is 3.10. The van der Waals surface area contributed by atoms with Crippen molar-refractivity contribution in [3.63, 3.8) is 0 Å². The highest BCUT2D eigenvalue weighted by Crippen LogP contribution is 2.60. The van der Waals surface area contributed by atoms with Crippen LogP contribution in [0.25, 0.3) is 0 Å². The molecule has 0 aromatic rings. The van der Waals surface area contributed by atoms with Crippen molar-refractivity contribution < 1.29 is 23.5 Å². The van der Waals surface area contributed by atoms with Gasteiger partial charge in [-0.15, -0.1) is 11.6 Å². The third-order valence-corrected chi connectivity index (χ3v) is 7.07. The molecule has 1 aliphatic heterocycles. The summed E-state index contributed by atoms with van der Waals surface area (Å²) in [5, 5.41) is 8.81. The third-order valence-electron chi connectivity index (χ3n) is 6.58. The molecule has 0 aromatic carbocycles. The van der Waals surface area contributed by atoms with Gasteiger partial charge < -0.3 is 20.1 Å². The van der Waals surface area contributed by atoms with E-state index in [-0.39, 0.29) is 54.2 Å². The molecule has 5 rings (SSSR count). The minimum atomic E-state index is -1.07. The molecule has 2 bridgehead atoms. The average Bonchev–Trinajstić information content (AvgIpc) is 3.08. The molecule has 0 spiro atoms. The molecule has 5 aliphatic rings. The van der Waals surface area contributed by atoms with Crippen LogP contribution in [-0.2, 0) is 19.1 Å². The molecule has 28 heavy (non-hydrogen) atoms. The van der Waals surface area contributed by atoms with Gasteiger partial charge in [0.05, 0.1) is 24.3 Å². The van der Waals surface area contributed by atoms with Gasteiger partial charge in [-0.05, 0) is 38.5 Å². The van der Waals surface area contributed by atoms with Crippen LogP contribution < -0.4 is 16.0 Å². The van der Waals surface area contributed by atoms with Crippen LogP contribution in [0.5, 0.6) is 0 Å². The quantitative estimate of drug-likeness (QED) is 0.540. The van der Waals surface area contributed by atoms with Crippen molar-refractivity contribution in [2.24, 2.45) is 0 Å². The average molecular weight is 418 g/mol. The highest BCUT2D eigenvalue weighted by atomic mass is 35.5. The number of rotatable bonds is 7. The molecule has 1 heterocycles. The normalized spacial score (nSPS) is 44.3. The fraction of sp³-hybridized carbons (Fsp3) is 0.895. The molecule has 9 heteroatoms. The van der Waals surface area contributed by atoms with E-state index in [0.29, 0.717) is 19.6 Å². The first kappa shape index (κ1) is 20.3. The summed E-state index contributed by atoms with van der Waals surface area (Å²) < 4.78 is 24.7. The summed E-state index contributed by atoms with van der Waals surface area (Å²) in [4.78, 5) is 24.7. The van der Waals surface area contributed by atoms with Crippen molar-refractivity contribution in [2.75, 3.05) is 13.3 Å². The van der Waals surface area contributed by atoms with Crippen molar-refractivity contribution >= 4 is 23.4 Å². The van der Waals surface area contributed by atoms with Crippen LogP contribution in [0.3, 0.4) is 0 Å². The highest BCUT2D eigenvalue weighted by molar-refractivity contribution is 6.21. The van der Waals surface area contributed by atoms with E-state index in [0.717, 1.165) is 25.7 Å². The maximum Gasteiger partial charge on any atom is 0.246 e. The van der Waals surface area contributed by atoms with Gasteiger partial charge in [0, 0.05) is 17.5 Å². The summed E-state index contributed by atoms with van der Waals surface area (Å²) in [6.45, 7) is 2.34. The lowest BCUT2D eigenvalue weighted by molar-refractivity contribution is -0.154. The fourth-order valence-corrected chi connectivity index (χ4v) is 5.43. The molecule has 7 nitrogen and oxygen atoms in total. The SMILES string of the molecule is CCC1OCNC1C(=O)NC12CC(NC(=O)COC3CCC(Cl)C(F)C3)(C1)C2. The molecule has 4 aliphatic carbocycles. The molecular weight excluding hydrogens is 389 g/mol. The molecule has 1 saturated heterocycles. The highest BCUT2D eigenvalue weighted by Gasteiger charge is 2.69. The van der Waals surface area contributed by atoms with Gasteiger partial charge in [-0.25, -0.2) is 4.39 Å². The van der Waals surface area contributed by atoms with Crippen LogP contribution in [0.15, 0.2) is 0 Å². The number of hydrogen-bond acceptors (Lipinski definition) is 5. The summed E-state index contributed by atoms with van der Waals surface area (Å²) in [6, 6.07) is -0.305. The number of alkyl halides is 2. The van der Waals surface area contributed by atoms with E-state index < -0.39 is 11.5 Å². The summed E-state index contributed by atoms with van der Waals surface area (Å²) >= 11 is 5.87. The first-order chi connectivity index (χ1) is 13.3. The summed E-state index contributed by atoms with van der Waals surface area (Å²) in [5.41, 5.74) is -0.429. The minimum absolute atomic E-state index is 0.0250. The molecule has 0 radical (unpaired) electrons. The lowest BCUT2D eigenvalue weighted by Crippen LogP contribution is -2.84. The second-order valence-electron chi connectivity index (χ2n) is 8.85. The topological polar surface area (TPSA) is 88.7 Å². The Labute approximate surface area is 169 Å². The zero-order valence-electron chi connectivity index (χ0n) is 16.1. The number of carbonyl (C=O) groups is 2. The maximum atomic E-state index is 13.6.